The van der Waals surface area contributed by atoms with Crippen LogP contribution in [0.4, 0.5) is 0 Å². The predicted molar refractivity (Wildman–Crippen MR) is 92.1 cm³/mol. The van der Waals surface area contributed by atoms with Gasteiger partial charge in [0, 0.05) is 28.6 Å². The summed E-state index contributed by atoms with van der Waals surface area (Å²) < 4.78 is 5.41. The zero-order valence-electron chi connectivity index (χ0n) is 13.0. The van der Waals surface area contributed by atoms with Gasteiger partial charge < -0.3 is 15.4 Å². The summed E-state index contributed by atoms with van der Waals surface area (Å²) in [5.74, 6) is 0.870. The van der Waals surface area contributed by atoms with Crippen molar-refractivity contribution in [2.24, 2.45) is 0 Å². The van der Waals surface area contributed by atoms with E-state index in [9.17, 15) is 4.79 Å². The highest BCUT2D eigenvalue weighted by atomic mass is 32.1. The van der Waals surface area contributed by atoms with E-state index in [1.165, 1.54) is 24.2 Å². The molecule has 1 amide bonds. The van der Waals surface area contributed by atoms with E-state index in [1.54, 1.807) is 7.11 Å². The average Bonchev–Trinajstić information content (AvgIpc) is 3.31. The van der Waals surface area contributed by atoms with Crippen LogP contribution in [0.25, 0.3) is 10.4 Å². The number of para-hydroxylation sites is 1. The molecule has 2 bridgehead atoms. The Labute approximate surface area is 139 Å². The van der Waals surface area contributed by atoms with Crippen molar-refractivity contribution in [3.8, 4) is 16.2 Å². The van der Waals surface area contributed by atoms with E-state index < -0.39 is 0 Å². The van der Waals surface area contributed by atoms with Crippen molar-refractivity contribution in [2.45, 2.75) is 37.4 Å². The van der Waals surface area contributed by atoms with E-state index in [2.05, 4.69) is 10.6 Å². The van der Waals surface area contributed by atoms with Gasteiger partial charge in [-0.25, -0.2) is 0 Å². The van der Waals surface area contributed by atoms with Crippen LogP contribution in [-0.2, 0) is 0 Å². The van der Waals surface area contributed by atoms with E-state index in [0.717, 1.165) is 27.5 Å². The minimum absolute atomic E-state index is 0.0375. The largest absolute Gasteiger partial charge is 0.496 e. The predicted octanol–water partition coefficient (Wildman–Crippen LogP) is 3.05. The number of hydrogen-bond acceptors (Lipinski definition) is 4. The summed E-state index contributed by atoms with van der Waals surface area (Å²) >= 11 is 1.51. The van der Waals surface area contributed by atoms with Gasteiger partial charge in [-0.2, -0.15) is 0 Å². The van der Waals surface area contributed by atoms with Gasteiger partial charge in [0.05, 0.1) is 12.0 Å². The van der Waals surface area contributed by atoms with Gasteiger partial charge in [0.1, 0.15) is 5.75 Å². The Balaban J connectivity index is 1.50. The zero-order valence-corrected chi connectivity index (χ0v) is 13.9. The average molecular weight is 328 g/mol. The van der Waals surface area contributed by atoms with Gasteiger partial charge >= 0.3 is 0 Å². The van der Waals surface area contributed by atoms with Gasteiger partial charge in [0.15, 0.2) is 0 Å². The third-order valence-electron chi connectivity index (χ3n) is 4.82. The van der Waals surface area contributed by atoms with Gasteiger partial charge in [0.25, 0.3) is 5.91 Å². The molecule has 1 aromatic carbocycles. The minimum atomic E-state index is 0.0375. The number of carbonyl (C=O) groups excluding carboxylic acids is 1. The molecule has 3 unspecified atom stereocenters. The molecule has 0 radical (unpaired) electrons. The van der Waals surface area contributed by atoms with Crippen molar-refractivity contribution >= 4 is 17.2 Å². The van der Waals surface area contributed by atoms with Crippen molar-refractivity contribution in [1.29, 1.82) is 0 Å². The smallest absolute Gasteiger partial charge is 0.261 e. The summed E-state index contributed by atoms with van der Waals surface area (Å²) in [7, 11) is 1.67. The van der Waals surface area contributed by atoms with Gasteiger partial charge in [0.2, 0.25) is 0 Å². The second kappa shape index (κ2) is 5.98. The third-order valence-corrected chi connectivity index (χ3v) is 5.94. The quantitative estimate of drug-likeness (QED) is 0.907. The molecule has 0 spiro atoms. The van der Waals surface area contributed by atoms with Gasteiger partial charge in [-0.05, 0) is 43.5 Å². The first-order valence-electron chi connectivity index (χ1n) is 8.05. The summed E-state index contributed by atoms with van der Waals surface area (Å²) in [5, 5.41) is 6.75. The minimum Gasteiger partial charge on any atom is -0.496 e. The first-order valence-corrected chi connectivity index (χ1v) is 8.86. The van der Waals surface area contributed by atoms with Crippen molar-refractivity contribution in [3.63, 3.8) is 0 Å². The van der Waals surface area contributed by atoms with Gasteiger partial charge in [-0.15, -0.1) is 11.3 Å². The molecule has 4 rings (SSSR count). The van der Waals surface area contributed by atoms with Crippen molar-refractivity contribution in [1.82, 2.24) is 10.6 Å². The van der Waals surface area contributed by atoms with Crippen LogP contribution in [0.3, 0.4) is 0 Å². The first kappa shape index (κ1) is 14.7. The van der Waals surface area contributed by atoms with E-state index in [1.807, 2.05) is 36.4 Å². The first-order chi connectivity index (χ1) is 11.2. The lowest BCUT2D eigenvalue weighted by Gasteiger charge is -2.21. The molecule has 0 saturated carbocycles. The van der Waals surface area contributed by atoms with E-state index in [-0.39, 0.29) is 11.9 Å². The molecule has 3 heterocycles. The van der Waals surface area contributed by atoms with E-state index in [0.29, 0.717) is 12.1 Å². The van der Waals surface area contributed by atoms with Gasteiger partial charge in [-0.3, -0.25) is 4.79 Å². The molecule has 23 heavy (non-hydrogen) atoms. The highest BCUT2D eigenvalue weighted by Gasteiger charge is 2.39. The van der Waals surface area contributed by atoms with Crippen molar-refractivity contribution in [2.75, 3.05) is 7.11 Å². The number of methoxy groups -OCH3 is 1. The molecule has 2 aromatic rings. The molecule has 5 heteroatoms. The molecule has 1 aromatic heterocycles. The summed E-state index contributed by atoms with van der Waals surface area (Å²) in [4.78, 5) is 14.3. The lowest BCUT2D eigenvalue weighted by Crippen LogP contribution is -2.42. The Kier molecular flexibility index (Phi) is 3.83. The highest BCUT2D eigenvalue weighted by molar-refractivity contribution is 7.17. The number of amides is 1. The van der Waals surface area contributed by atoms with E-state index >= 15 is 0 Å². The number of thiophene rings is 1. The summed E-state index contributed by atoms with van der Waals surface area (Å²) in [6.07, 6.45) is 3.47. The summed E-state index contributed by atoms with van der Waals surface area (Å²) in [6, 6.07) is 13.1. The molecule has 2 saturated heterocycles. The van der Waals surface area contributed by atoms with Crippen LogP contribution in [0.2, 0.25) is 0 Å². The molecule has 4 nitrogen and oxygen atoms in total. The topological polar surface area (TPSA) is 50.4 Å². The zero-order chi connectivity index (χ0) is 15.8. The van der Waals surface area contributed by atoms with Crippen molar-refractivity contribution < 1.29 is 9.53 Å². The van der Waals surface area contributed by atoms with Crippen LogP contribution in [0, 0.1) is 0 Å². The molecule has 2 fully saturated rings. The number of benzene rings is 1. The fourth-order valence-electron chi connectivity index (χ4n) is 3.68. The number of hydrogen-bond donors (Lipinski definition) is 2. The fourth-order valence-corrected chi connectivity index (χ4v) is 4.62. The maximum absolute atomic E-state index is 12.5. The standard InChI is InChI=1S/C18H20N2O2S/c1-22-15-5-3-2-4-12(15)16-8-9-17(23-16)18(21)20-14-10-11-6-7-13(14)19-11/h2-5,8-9,11,13-14,19H,6-7,10H2,1H3,(H,20,21). The Morgan fingerprint density at radius 3 is 2.87 bits per heavy atom. The second-order valence-electron chi connectivity index (χ2n) is 6.23. The molecule has 120 valence electrons. The van der Waals surface area contributed by atoms with Crippen LogP contribution in [0.15, 0.2) is 36.4 Å². The van der Waals surface area contributed by atoms with Crippen LogP contribution in [0.5, 0.6) is 5.75 Å². The third kappa shape index (κ3) is 2.75. The Morgan fingerprint density at radius 2 is 2.13 bits per heavy atom. The molecule has 2 aliphatic heterocycles. The maximum atomic E-state index is 12.5. The Morgan fingerprint density at radius 1 is 1.26 bits per heavy atom. The molecule has 0 aliphatic carbocycles. The number of carbonyl (C=O) groups is 1. The SMILES string of the molecule is COc1ccccc1-c1ccc(C(=O)NC2CC3CCC2N3)s1. The molecular formula is C18H20N2O2S. The van der Waals surface area contributed by atoms with Crippen LogP contribution in [0.1, 0.15) is 28.9 Å². The van der Waals surface area contributed by atoms with Crippen LogP contribution < -0.4 is 15.4 Å². The van der Waals surface area contributed by atoms with Gasteiger partial charge in [-0.1, -0.05) is 12.1 Å². The van der Waals surface area contributed by atoms with Crippen molar-refractivity contribution in [3.05, 3.63) is 41.3 Å². The normalized spacial score (nSPS) is 25.5. The monoisotopic (exact) mass is 328 g/mol. The maximum Gasteiger partial charge on any atom is 0.261 e. The molecule has 2 N–H and O–H groups in total. The summed E-state index contributed by atoms with van der Waals surface area (Å²) in [6.45, 7) is 0. The molecule has 2 aliphatic rings. The summed E-state index contributed by atoms with van der Waals surface area (Å²) in [5.41, 5.74) is 1.03. The molecular weight excluding hydrogens is 308 g/mol. The lowest BCUT2D eigenvalue weighted by molar-refractivity contribution is 0.0935. The lowest BCUT2D eigenvalue weighted by atomic mass is 9.95. The van der Waals surface area contributed by atoms with Crippen LogP contribution in [-0.4, -0.2) is 31.1 Å². The Bertz CT molecular complexity index is 727. The number of ether oxygens (including phenoxy) is 1. The number of rotatable bonds is 4. The molecule has 3 atom stereocenters. The fraction of sp³-hybridized carbons (Fsp3) is 0.389. The van der Waals surface area contributed by atoms with Crippen LogP contribution >= 0.6 is 11.3 Å². The highest BCUT2D eigenvalue weighted by Crippen LogP contribution is 2.35. The van der Waals surface area contributed by atoms with E-state index in [4.69, 9.17) is 4.74 Å². The number of nitrogens with one attached hydrogen (secondary N) is 2. The number of fused-ring (bicyclic) bond motifs is 2. The second-order valence-corrected chi connectivity index (χ2v) is 7.31. The Hall–Kier alpha value is -1.85.